The fourth-order valence-electron chi connectivity index (χ4n) is 3.22. The van der Waals surface area contributed by atoms with Crippen LogP contribution >= 0.6 is 0 Å². The highest BCUT2D eigenvalue weighted by Gasteiger charge is 2.39. The summed E-state index contributed by atoms with van der Waals surface area (Å²) in [5.41, 5.74) is 3.73. The number of hydrogen-bond donors (Lipinski definition) is 2. The van der Waals surface area contributed by atoms with Gasteiger partial charge in [-0.1, -0.05) is 0 Å². The molecule has 0 spiro atoms. The molecule has 1 aromatic heterocycles. The molecule has 1 aliphatic heterocycles. The third-order valence-corrected chi connectivity index (χ3v) is 4.05. The average molecular weight is 233 g/mol. The number of nitrogens with one attached hydrogen (secondary N) is 1. The van der Waals surface area contributed by atoms with Gasteiger partial charge in [-0.3, -0.25) is 0 Å². The zero-order chi connectivity index (χ0) is 12.0. The van der Waals surface area contributed by atoms with Crippen molar-refractivity contribution in [3.05, 3.63) is 11.4 Å². The van der Waals surface area contributed by atoms with Crippen LogP contribution in [0.25, 0.3) is 0 Å². The van der Waals surface area contributed by atoms with Crippen LogP contribution in [-0.2, 0) is 0 Å². The van der Waals surface area contributed by atoms with Crippen molar-refractivity contribution in [1.82, 2.24) is 9.97 Å². The first-order valence-electron chi connectivity index (χ1n) is 6.27. The van der Waals surface area contributed by atoms with E-state index in [1.165, 1.54) is 19.3 Å². The first-order valence-corrected chi connectivity index (χ1v) is 6.27. The molecular formula is C12H19N5. The van der Waals surface area contributed by atoms with Crippen LogP contribution in [0.3, 0.4) is 0 Å². The van der Waals surface area contributed by atoms with Gasteiger partial charge in [0, 0.05) is 18.2 Å². The van der Waals surface area contributed by atoms with E-state index in [0.29, 0.717) is 6.04 Å². The van der Waals surface area contributed by atoms with Gasteiger partial charge >= 0.3 is 0 Å². The smallest absolute Gasteiger partial charge is 0.148 e. The lowest BCUT2D eigenvalue weighted by Crippen LogP contribution is -2.33. The topological polar surface area (TPSA) is 67.1 Å². The summed E-state index contributed by atoms with van der Waals surface area (Å²) in [7, 11) is 0. The molecule has 3 rings (SSSR count). The third kappa shape index (κ3) is 1.65. The number of hydrazine groups is 1. The molecule has 2 fully saturated rings. The largest absolute Gasteiger partial charge is 0.353 e. The first kappa shape index (κ1) is 10.8. The molecule has 3 N–H and O–H groups in total. The molecule has 2 heterocycles. The second-order valence-corrected chi connectivity index (χ2v) is 5.20. The summed E-state index contributed by atoms with van der Waals surface area (Å²) in [6, 6.07) is 0.679. The van der Waals surface area contributed by atoms with Crippen molar-refractivity contribution in [2.45, 2.75) is 39.2 Å². The molecule has 1 saturated carbocycles. The predicted octanol–water partition coefficient (Wildman–Crippen LogP) is 1.37. The molecule has 5 nitrogen and oxygen atoms in total. The summed E-state index contributed by atoms with van der Waals surface area (Å²) < 4.78 is 0. The number of rotatable bonds is 2. The van der Waals surface area contributed by atoms with Gasteiger partial charge in [-0.05, 0) is 39.0 Å². The molecule has 17 heavy (non-hydrogen) atoms. The number of hydrogen-bond acceptors (Lipinski definition) is 5. The Balaban J connectivity index is 2.00. The quantitative estimate of drug-likeness (QED) is 0.596. The average Bonchev–Trinajstić information content (AvgIpc) is 2.93. The van der Waals surface area contributed by atoms with E-state index in [-0.39, 0.29) is 0 Å². The zero-order valence-corrected chi connectivity index (χ0v) is 10.4. The van der Waals surface area contributed by atoms with Gasteiger partial charge < -0.3 is 10.3 Å². The molecule has 0 aromatic carbocycles. The number of nitrogen functional groups attached to an aromatic ring is 1. The normalized spacial score (nSPS) is 26.6. The number of piperidine rings is 1. The Hall–Kier alpha value is -1.36. The van der Waals surface area contributed by atoms with E-state index in [1.807, 2.05) is 13.8 Å². The Labute approximate surface area is 101 Å². The van der Waals surface area contributed by atoms with Crippen LogP contribution in [0.15, 0.2) is 0 Å². The highest BCUT2D eigenvalue weighted by atomic mass is 15.3. The van der Waals surface area contributed by atoms with Gasteiger partial charge in [0.2, 0.25) is 0 Å². The number of fused-ring (bicyclic) bond motifs is 2. The summed E-state index contributed by atoms with van der Waals surface area (Å²) in [4.78, 5) is 11.4. The van der Waals surface area contributed by atoms with E-state index in [1.54, 1.807) is 0 Å². The van der Waals surface area contributed by atoms with E-state index in [0.717, 1.165) is 35.5 Å². The Morgan fingerprint density at radius 3 is 2.71 bits per heavy atom. The predicted molar refractivity (Wildman–Crippen MR) is 67.8 cm³/mol. The highest BCUT2D eigenvalue weighted by molar-refractivity contribution is 5.59. The van der Waals surface area contributed by atoms with Gasteiger partial charge in [0.15, 0.2) is 0 Å². The van der Waals surface area contributed by atoms with Crippen LogP contribution in [0.2, 0.25) is 0 Å². The molecule has 5 heteroatoms. The summed E-state index contributed by atoms with van der Waals surface area (Å²) in [6.07, 6.45) is 4.01. The monoisotopic (exact) mass is 233 g/mol. The van der Waals surface area contributed by atoms with Crippen LogP contribution < -0.4 is 16.2 Å². The van der Waals surface area contributed by atoms with E-state index in [2.05, 4.69) is 20.3 Å². The number of anilines is 2. The SMILES string of the molecule is Cc1nc(NN)c(C)c(N2CC3CCC2C3)n1. The summed E-state index contributed by atoms with van der Waals surface area (Å²) in [5.74, 6) is 8.96. The van der Waals surface area contributed by atoms with Crippen molar-refractivity contribution in [2.75, 3.05) is 16.9 Å². The zero-order valence-electron chi connectivity index (χ0n) is 10.4. The lowest BCUT2D eigenvalue weighted by molar-refractivity contribution is 0.549. The van der Waals surface area contributed by atoms with Crippen molar-refractivity contribution in [2.24, 2.45) is 11.8 Å². The highest BCUT2D eigenvalue weighted by Crippen LogP contribution is 2.41. The van der Waals surface area contributed by atoms with Crippen molar-refractivity contribution in [3.63, 3.8) is 0 Å². The van der Waals surface area contributed by atoms with Gasteiger partial charge in [0.25, 0.3) is 0 Å². The molecule has 1 aromatic rings. The fourth-order valence-corrected chi connectivity index (χ4v) is 3.22. The maximum absolute atomic E-state index is 5.50. The number of aryl methyl sites for hydroxylation is 1. The van der Waals surface area contributed by atoms with Crippen LogP contribution in [0.5, 0.6) is 0 Å². The first-order chi connectivity index (χ1) is 8.19. The Morgan fingerprint density at radius 1 is 1.29 bits per heavy atom. The second kappa shape index (κ2) is 3.84. The van der Waals surface area contributed by atoms with E-state index in [9.17, 15) is 0 Å². The maximum Gasteiger partial charge on any atom is 0.148 e. The molecule has 1 saturated heterocycles. The molecule has 92 valence electrons. The number of nitrogens with two attached hydrogens (primary N) is 1. The van der Waals surface area contributed by atoms with Crippen molar-refractivity contribution < 1.29 is 0 Å². The van der Waals surface area contributed by atoms with E-state index >= 15 is 0 Å². The molecule has 2 bridgehead atoms. The number of aromatic nitrogens is 2. The van der Waals surface area contributed by atoms with Gasteiger partial charge in [-0.2, -0.15) is 0 Å². The van der Waals surface area contributed by atoms with Crippen LogP contribution in [0.4, 0.5) is 11.6 Å². The maximum atomic E-state index is 5.50. The van der Waals surface area contributed by atoms with Crippen molar-refractivity contribution >= 4 is 11.6 Å². The lowest BCUT2D eigenvalue weighted by Gasteiger charge is -2.29. The summed E-state index contributed by atoms with van der Waals surface area (Å²) >= 11 is 0. The van der Waals surface area contributed by atoms with Gasteiger partial charge in [0.1, 0.15) is 17.5 Å². The summed E-state index contributed by atoms with van der Waals surface area (Å²) in [5, 5.41) is 0. The molecule has 2 atom stereocenters. The lowest BCUT2D eigenvalue weighted by atomic mass is 10.1. The second-order valence-electron chi connectivity index (χ2n) is 5.20. The van der Waals surface area contributed by atoms with Crippen LogP contribution in [-0.4, -0.2) is 22.6 Å². The molecule has 2 aliphatic rings. The minimum atomic E-state index is 0.679. The fraction of sp³-hybridized carbons (Fsp3) is 0.667. The Morgan fingerprint density at radius 2 is 2.12 bits per heavy atom. The van der Waals surface area contributed by atoms with Gasteiger partial charge in [0.05, 0.1) is 0 Å². The minimum Gasteiger partial charge on any atom is -0.353 e. The van der Waals surface area contributed by atoms with E-state index in [4.69, 9.17) is 5.84 Å². The molecule has 2 unspecified atom stereocenters. The van der Waals surface area contributed by atoms with E-state index < -0.39 is 0 Å². The Bertz CT molecular complexity index is 445. The molecular weight excluding hydrogens is 214 g/mol. The minimum absolute atomic E-state index is 0.679. The van der Waals surface area contributed by atoms with Gasteiger partial charge in [-0.15, -0.1) is 0 Å². The summed E-state index contributed by atoms with van der Waals surface area (Å²) in [6.45, 7) is 5.10. The van der Waals surface area contributed by atoms with Crippen molar-refractivity contribution in [1.29, 1.82) is 0 Å². The number of nitrogens with zero attached hydrogens (tertiary/aromatic N) is 3. The molecule has 1 aliphatic carbocycles. The van der Waals surface area contributed by atoms with Gasteiger partial charge in [-0.25, -0.2) is 15.8 Å². The standard InChI is InChI=1S/C12H19N5/c1-7-11(16-13)14-8(2)15-12(7)17-6-9-3-4-10(17)5-9/h9-10H,3-6,13H2,1-2H3,(H,14,15,16). The molecule has 0 amide bonds. The molecule has 0 radical (unpaired) electrons. The Kier molecular flexibility index (Phi) is 2.43. The van der Waals surface area contributed by atoms with Crippen molar-refractivity contribution in [3.8, 4) is 0 Å². The van der Waals surface area contributed by atoms with Crippen LogP contribution in [0.1, 0.15) is 30.7 Å². The third-order valence-electron chi connectivity index (χ3n) is 4.05. The van der Waals surface area contributed by atoms with Crippen LogP contribution in [0, 0.1) is 19.8 Å².